The lowest BCUT2D eigenvalue weighted by molar-refractivity contribution is -0.148. The van der Waals surface area contributed by atoms with Crippen molar-refractivity contribution in [2.24, 2.45) is 45.8 Å². The third-order valence-electron chi connectivity index (χ3n) is 13.8. The van der Waals surface area contributed by atoms with Gasteiger partial charge in [0.05, 0.1) is 31.5 Å². The molecule has 7 rings (SSSR count). The molecule has 2 aliphatic heterocycles. The lowest BCUT2D eigenvalue weighted by Gasteiger charge is -2.50. The number of carbonyl (C=O) groups excluding carboxylic acids is 1. The van der Waals surface area contributed by atoms with Gasteiger partial charge in [-0.15, -0.1) is 0 Å². The van der Waals surface area contributed by atoms with Gasteiger partial charge < -0.3 is 14.2 Å². The fourth-order valence-electron chi connectivity index (χ4n) is 12.1. The second-order valence-corrected chi connectivity index (χ2v) is 15.1. The van der Waals surface area contributed by atoms with Gasteiger partial charge in [-0.2, -0.15) is 0 Å². The minimum absolute atomic E-state index is 0.0215. The average Bonchev–Trinajstić information content (AvgIpc) is 3.22. The number of allylic oxidation sites excluding steroid dienone is 2. The Bertz CT molecular complexity index is 1010. The molecule has 0 bridgehead atoms. The highest BCUT2D eigenvalue weighted by Crippen LogP contribution is 2.87. The minimum atomic E-state index is 0.0215. The quantitative estimate of drug-likeness (QED) is 0.419. The number of carbonyl (C=O) groups is 1. The predicted molar refractivity (Wildman–Crippen MR) is 148 cm³/mol. The third-order valence-corrected chi connectivity index (χ3v) is 13.8. The lowest BCUT2D eigenvalue weighted by atomic mass is 9.56. The molecule has 2 heterocycles. The highest BCUT2D eigenvalue weighted by molar-refractivity contribution is 5.91. The topological polar surface area (TPSA) is 48.0 Å². The van der Waals surface area contributed by atoms with Crippen molar-refractivity contribution in [3.8, 4) is 0 Å². The monoisotopic (exact) mass is 525 g/mol. The van der Waals surface area contributed by atoms with Crippen molar-refractivity contribution in [1.82, 2.24) is 4.90 Å². The fourth-order valence-corrected chi connectivity index (χ4v) is 12.1. The van der Waals surface area contributed by atoms with E-state index in [1.165, 1.54) is 50.6 Å². The molecule has 0 aromatic rings. The second kappa shape index (κ2) is 8.87. The highest BCUT2D eigenvalue weighted by atomic mass is 16.5. The maximum absolute atomic E-state index is 12.3. The van der Waals surface area contributed by atoms with Crippen molar-refractivity contribution >= 4 is 5.78 Å². The number of piperidine rings is 1. The second-order valence-electron chi connectivity index (χ2n) is 15.1. The standard InChI is InChI=1S/C33H51NO4/c1-21-16-28-29(34(19-21)12-13-37-15-14-36-5)22(2)33(38-28)11-9-26-25-7-6-23-17-24(35)8-10-30(23,3)27(25)18-32(26)20-31(32,33)4/h17,21-22,25-29H,6-16,18-20H2,1-5H3/t21-,22+,25-,26-,27-,28+,29-,30-,31?,32?,33?/m0/s1. The number of hydrogen-bond donors (Lipinski definition) is 0. The SMILES string of the molecule is COCCOCCN1C[C@@H](C)C[C@H]2OC3(CC[C@H]4[C@@H]5CCC6=CC(=O)CC[C@]6(C)[C@H]5CC45CC53C)[C@H](C)[C@@H]21. The Balaban J connectivity index is 1.14. The number of methoxy groups -OCH3 is 1. The van der Waals surface area contributed by atoms with Crippen LogP contribution >= 0.6 is 0 Å². The predicted octanol–water partition coefficient (Wildman–Crippen LogP) is 5.67. The van der Waals surface area contributed by atoms with Gasteiger partial charge in [0.1, 0.15) is 0 Å². The highest BCUT2D eigenvalue weighted by Gasteiger charge is 2.84. The van der Waals surface area contributed by atoms with Crippen LogP contribution in [-0.2, 0) is 19.0 Å². The largest absolute Gasteiger partial charge is 0.382 e. The molecule has 5 nitrogen and oxygen atoms in total. The Labute approximate surface area is 230 Å². The van der Waals surface area contributed by atoms with E-state index in [0.29, 0.717) is 53.8 Å². The molecule has 7 aliphatic rings. The van der Waals surface area contributed by atoms with E-state index in [-0.39, 0.29) is 11.0 Å². The van der Waals surface area contributed by atoms with Gasteiger partial charge in [0.2, 0.25) is 0 Å². The minimum Gasteiger partial charge on any atom is -0.382 e. The van der Waals surface area contributed by atoms with Crippen LogP contribution in [0.25, 0.3) is 0 Å². The summed E-state index contributed by atoms with van der Waals surface area (Å²) in [6, 6.07) is 0.517. The zero-order valence-electron chi connectivity index (χ0n) is 24.6. The molecular formula is C33H51NO4. The molecular weight excluding hydrogens is 474 g/mol. The Morgan fingerprint density at radius 1 is 1.08 bits per heavy atom. The molecule has 11 atom stereocenters. The Kier molecular flexibility index (Phi) is 6.11. The summed E-state index contributed by atoms with van der Waals surface area (Å²) >= 11 is 0. The molecule has 0 amide bonds. The van der Waals surface area contributed by atoms with E-state index in [1.54, 1.807) is 7.11 Å². The summed E-state index contributed by atoms with van der Waals surface area (Å²) in [5.74, 6) is 4.08. The molecule has 6 fully saturated rings. The van der Waals surface area contributed by atoms with Crippen LogP contribution in [0.5, 0.6) is 0 Å². The fraction of sp³-hybridized carbons (Fsp3) is 0.909. The van der Waals surface area contributed by atoms with Gasteiger partial charge in [0.15, 0.2) is 5.78 Å². The summed E-state index contributed by atoms with van der Waals surface area (Å²) in [6.07, 6.45) is 13.3. The molecule has 212 valence electrons. The van der Waals surface area contributed by atoms with Crippen LogP contribution in [0, 0.1) is 45.8 Å². The van der Waals surface area contributed by atoms with Crippen LogP contribution in [0.2, 0.25) is 0 Å². The average molecular weight is 526 g/mol. The normalized spacial score (nSPS) is 53.1. The molecule has 0 aromatic carbocycles. The summed E-state index contributed by atoms with van der Waals surface area (Å²) in [5, 5.41) is 0. The Morgan fingerprint density at radius 3 is 2.74 bits per heavy atom. The van der Waals surface area contributed by atoms with E-state index < -0.39 is 0 Å². The van der Waals surface area contributed by atoms with E-state index >= 15 is 0 Å². The number of fused-ring (bicyclic) bond motifs is 6. The van der Waals surface area contributed by atoms with E-state index in [9.17, 15) is 4.79 Å². The van der Waals surface area contributed by atoms with Crippen LogP contribution in [0.3, 0.4) is 0 Å². The number of hydrogen-bond acceptors (Lipinski definition) is 5. The first kappa shape index (κ1) is 26.2. The maximum atomic E-state index is 12.3. The van der Waals surface area contributed by atoms with Crippen LogP contribution in [0.1, 0.15) is 85.5 Å². The molecule has 5 aliphatic carbocycles. The van der Waals surface area contributed by atoms with Gasteiger partial charge in [-0.25, -0.2) is 0 Å². The molecule has 0 N–H and O–H groups in total. The number of ether oxygens (including phenoxy) is 3. The molecule has 2 spiro atoms. The van der Waals surface area contributed by atoms with Gasteiger partial charge in [0, 0.05) is 44.0 Å². The molecule has 0 aromatic heterocycles. The van der Waals surface area contributed by atoms with Crippen molar-refractivity contribution in [2.45, 2.75) is 103 Å². The maximum Gasteiger partial charge on any atom is 0.155 e. The molecule has 3 unspecified atom stereocenters. The van der Waals surface area contributed by atoms with E-state index in [2.05, 4.69) is 38.7 Å². The van der Waals surface area contributed by atoms with Crippen molar-refractivity contribution in [3.05, 3.63) is 11.6 Å². The first-order valence-corrected chi connectivity index (χ1v) is 15.9. The molecule has 0 radical (unpaired) electrons. The first-order chi connectivity index (χ1) is 18.2. The van der Waals surface area contributed by atoms with Crippen molar-refractivity contribution < 1.29 is 19.0 Å². The molecule has 4 saturated carbocycles. The molecule has 2 saturated heterocycles. The van der Waals surface area contributed by atoms with Crippen LogP contribution in [-0.4, -0.2) is 68.4 Å². The van der Waals surface area contributed by atoms with Crippen molar-refractivity contribution in [2.75, 3.05) is 40.0 Å². The van der Waals surface area contributed by atoms with Crippen molar-refractivity contribution in [3.63, 3.8) is 0 Å². The summed E-state index contributed by atoms with van der Waals surface area (Å²) in [6.45, 7) is 14.4. The molecule has 5 heteroatoms. The zero-order valence-corrected chi connectivity index (χ0v) is 24.6. The van der Waals surface area contributed by atoms with Gasteiger partial charge >= 0.3 is 0 Å². The van der Waals surface area contributed by atoms with Crippen LogP contribution < -0.4 is 0 Å². The van der Waals surface area contributed by atoms with E-state index in [4.69, 9.17) is 14.2 Å². The summed E-state index contributed by atoms with van der Waals surface area (Å²) in [7, 11) is 1.74. The summed E-state index contributed by atoms with van der Waals surface area (Å²) in [5.41, 5.74) is 2.53. The van der Waals surface area contributed by atoms with Crippen LogP contribution in [0.15, 0.2) is 11.6 Å². The van der Waals surface area contributed by atoms with Crippen molar-refractivity contribution in [1.29, 1.82) is 0 Å². The summed E-state index contributed by atoms with van der Waals surface area (Å²) < 4.78 is 18.5. The van der Waals surface area contributed by atoms with Crippen LogP contribution in [0.4, 0.5) is 0 Å². The number of ketones is 1. The number of rotatable bonds is 6. The smallest absolute Gasteiger partial charge is 0.155 e. The third kappa shape index (κ3) is 3.34. The molecule has 38 heavy (non-hydrogen) atoms. The Morgan fingerprint density at radius 2 is 1.92 bits per heavy atom. The van der Waals surface area contributed by atoms with Gasteiger partial charge in [-0.1, -0.05) is 33.3 Å². The number of nitrogens with zero attached hydrogens (tertiary/aromatic N) is 1. The van der Waals surface area contributed by atoms with E-state index in [0.717, 1.165) is 50.2 Å². The lowest BCUT2D eigenvalue weighted by Crippen LogP contribution is -2.55. The van der Waals surface area contributed by atoms with Gasteiger partial charge in [-0.3, -0.25) is 9.69 Å². The number of likely N-dealkylation sites (tertiary alicyclic amines) is 1. The Hall–Kier alpha value is -0.750. The van der Waals surface area contributed by atoms with Gasteiger partial charge in [-0.05, 0) is 91.9 Å². The first-order valence-electron chi connectivity index (χ1n) is 15.9. The van der Waals surface area contributed by atoms with E-state index in [1.807, 2.05) is 0 Å². The zero-order chi connectivity index (χ0) is 26.5. The summed E-state index contributed by atoms with van der Waals surface area (Å²) in [4.78, 5) is 15.0. The van der Waals surface area contributed by atoms with Gasteiger partial charge in [0.25, 0.3) is 0 Å².